The molecule has 0 atom stereocenters. The van der Waals surface area contributed by atoms with E-state index in [2.05, 4.69) is 10.3 Å². The van der Waals surface area contributed by atoms with Gasteiger partial charge in [-0.2, -0.15) is 0 Å². The summed E-state index contributed by atoms with van der Waals surface area (Å²) < 4.78 is 21.4. The summed E-state index contributed by atoms with van der Waals surface area (Å²) in [7, 11) is 3.06. The Morgan fingerprint density at radius 2 is 1.14 bits per heavy atom. The molecule has 8 nitrogen and oxygen atoms in total. The van der Waals surface area contributed by atoms with Crippen LogP contribution in [0.25, 0.3) is 22.5 Å². The van der Waals surface area contributed by atoms with Crippen molar-refractivity contribution in [1.82, 2.24) is 10.3 Å². The van der Waals surface area contributed by atoms with Crippen molar-refractivity contribution < 1.29 is 18.5 Å². The largest absolute Gasteiger partial charge is 0.493 e. The van der Waals surface area contributed by atoms with Gasteiger partial charge >= 0.3 is 11.3 Å². The maximum atomic E-state index is 13.2. The van der Waals surface area contributed by atoms with Gasteiger partial charge < -0.3 is 18.5 Å². The molecule has 5 rings (SSSR count). The topological polar surface area (TPSA) is 110 Å². The Morgan fingerprint density at radius 3 is 1.60 bits per heavy atom. The van der Waals surface area contributed by atoms with Gasteiger partial charge in [-0.3, -0.25) is 0 Å². The van der Waals surface area contributed by atoms with Crippen LogP contribution in [0, 0.1) is 0 Å². The normalized spacial score (nSPS) is 11.1. The first-order valence-electron chi connectivity index (χ1n) is 10.9. The standard InChI is InChI=1S/C27H22N2O6/c1-32-19-14-13-18(15-20(19)33-2)21(22-24(28-34-26(22)30)16-9-5-3-6-10-16)23-25(29-35-27(23)31)17-11-7-4-8-12-17/h3-15,21,28-29H,1-2H3. The van der Waals surface area contributed by atoms with Gasteiger partial charge in [0.1, 0.15) is 0 Å². The van der Waals surface area contributed by atoms with Crippen LogP contribution < -0.4 is 20.7 Å². The average molecular weight is 470 g/mol. The number of benzene rings is 3. The van der Waals surface area contributed by atoms with Gasteiger partial charge in [-0.25, -0.2) is 19.9 Å². The van der Waals surface area contributed by atoms with Crippen molar-refractivity contribution in [2.24, 2.45) is 0 Å². The Kier molecular flexibility index (Phi) is 5.85. The van der Waals surface area contributed by atoms with Gasteiger partial charge in [0.25, 0.3) is 0 Å². The number of aromatic nitrogens is 2. The van der Waals surface area contributed by atoms with E-state index in [1.54, 1.807) is 18.2 Å². The second kappa shape index (κ2) is 9.26. The minimum atomic E-state index is -0.842. The molecule has 0 fully saturated rings. The Labute approximate surface area is 199 Å². The van der Waals surface area contributed by atoms with E-state index in [0.29, 0.717) is 28.5 Å². The van der Waals surface area contributed by atoms with Crippen molar-refractivity contribution in [3.63, 3.8) is 0 Å². The van der Waals surface area contributed by atoms with Gasteiger partial charge in [0.15, 0.2) is 11.5 Å². The van der Waals surface area contributed by atoms with Crippen LogP contribution in [0.15, 0.2) is 97.5 Å². The first-order chi connectivity index (χ1) is 17.1. The fourth-order valence-electron chi connectivity index (χ4n) is 4.29. The summed E-state index contributed by atoms with van der Waals surface area (Å²) in [6.45, 7) is 0. The number of rotatable bonds is 7. The number of aromatic amines is 2. The maximum Gasteiger partial charge on any atom is 0.362 e. The third-order valence-electron chi connectivity index (χ3n) is 5.91. The van der Waals surface area contributed by atoms with Crippen molar-refractivity contribution in [2.75, 3.05) is 14.2 Å². The highest BCUT2D eigenvalue weighted by molar-refractivity contribution is 5.70. The number of methoxy groups -OCH3 is 2. The van der Waals surface area contributed by atoms with Crippen molar-refractivity contribution in [3.05, 3.63) is 116 Å². The number of ether oxygens (including phenoxy) is 2. The fourth-order valence-corrected chi connectivity index (χ4v) is 4.29. The molecule has 2 aromatic heterocycles. The lowest BCUT2D eigenvalue weighted by molar-refractivity contribution is 0.354. The summed E-state index contributed by atoms with van der Waals surface area (Å²) in [5.74, 6) is 0.131. The zero-order valence-electron chi connectivity index (χ0n) is 19.0. The highest BCUT2D eigenvalue weighted by Crippen LogP contribution is 2.40. The van der Waals surface area contributed by atoms with E-state index in [1.165, 1.54) is 14.2 Å². The number of hydrogen-bond donors (Lipinski definition) is 2. The van der Waals surface area contributed by atoms with Crippen LogP contribution >= 0.6 is 0 Å². The van der Waals surface area contributed by atoms with Gasteiger partial charge in [0.2, 0.25) is 0 Å². The van der Waals surface area contributed by atoms with Crippen molar-refractivity contribution >= 4 is 0 Å². The molecule has 0 radical (unpaired) electrons. The van der Waals surface area contributed by atoms with Crippen LogP contribution in [0.1, 0.15) is 22.6 Å². The smallest absolute Gasteiger partial charge is 0.362 e. The molecular weight excluding hydrogens is 448 g/mol. The van der Waals surface area contributed by atoms with E-state index in [1.807, 2.05) is 60.7 Å². The highest BCUT2D eigenvalue weighted by Gasteiger charge is 2.33. The van der Waals surface area contributed by atoms with Gasteiger partial charge in [0.05, 0.1) is 42.7 Å². The third kappa shape index (κ3) is 3.95. The molecule has 35 heavy (non-hydrogen) atoms. The number of hydrogen-bond acceptors (Lipinski definition) is 6. The molecule has 0 spiro atoms. The summed E-state index contributed by atoms with van der Waals surface area (Å²) >= 11 is 0. The van der Waals surface area contributed by atoms with Gasteiger partial charge in [-0.05, 0) is 17.7 Å². The Balaban J connectivity index is 1.82. The summed E-state index contributed by atoms with van der Waals surface area (Å²) in [6.07, 6.45) is 0. The van der Waals surface area contributed by atoms with E-state index in [-0.39, 0.29) is 11.1 Å². The quantitative estimate of drug-likeness (QED) is 0.354. The third-order valence-corrected chi connectivity index (χ3v) is 5.91. The molecule has 176 valence electrons. The Hall–Kier alpha value is -4.72. The molecular formula is C27H22N2O6. The molecule has 0 unspecified atom stereocenters. The monoisotopic (exact) mass is 470 g/mol. The highest BCUT2D eigenvalue weighted by atomic mass is 16.5. The molecule has 2 N–H and O–H groups in total. The van der Waals surface area contributed by atoms with Crippen LogP contribution in [0.3, 0.4) is 0 Å². The first kappa shape index (κ1) is 22.1. The number of H-pyrrole nitrogens is 2. The number of nitrogens with one attached hydrogen (secondary N) is 2. The van der Waals surface area contributed by atoms with Crippen LogP contribution in [0.5, 0.6) is 11.5 Å². The minimum absolute atomic E-state index is 0.271. The van der Waals surface area contributed by atoms with Gasteiger partial charge in [-0.1, -0.05) is 66.7 Å². The molecule has 8 heteroatoms. The van der Waals surface area contributed by atoms with Gasteiger partial charge in [0, 0.05) is 11.1 Å². The van der Waals surface area contributed by atoms with Crippen molar-refractivity contribution in [1.29, 1.82) is 0 Å². The molecule has 5 aromatic rings. The van der Waals surface area contributed by atoms with Crippen LogP contribution in [0.4, 0.5) is 0 Å². The lowest BCUT2D eigenvalue weighted by Gasteiger charge is -2.18. The van der Waals surface area contributed by atoms with Crippen molar-refractivity contribution in [3.8, 4) is 34.0 Å². The van der Waals surface area contributed by atoms with E-state index in [4.69, 9.17) is 18.5 Å². The molecule has 0 amide bonds. The predicted octanol–water partition coefficient (Wildman–Crippen LogP) is 4.78. The second-order valence-corrected chi connectivity index (χ2v) is 7.84. The summed E-state index contributed by atoms with van der Waals surface area (Å²) in [4.78, 5) is 26.3. The zero-order valence-corrected chi connectivity index (χ0v) is 19.0. The zero-order chi connectivity index (χ0) is 24.4. The molecule has 3 aromatic carbocycles. The molecule has 0 aliphatic heterocycles. The Morgan fingerprint density at radius 1 is 0.657 bits per heavy atom. The lowest BCUT2D eigenvalue weighted by Crippen LogP contribution is -2.18. The van der Waals surface area contributed by atoms with Crippen LogP contribution in [-0.4, -0.2) is 24.5 Å². The van der Waals surface area contributed by atoms with Crippen LogP contribution in [0.2, 0.25) is 0 Å². The van der Waals surface area contributed by atoms with Crippen LogP contribution in [-0.2, 0) is 0 Å². The van der Waals surface area contributed by atoms with Gasteiger partial charge in [-0.15, -0.1) is 0 Å². The van der Waals surface area contributed by atoms with E-state index in [0.717, 1.165) is 11.1 Å². The summed E-state index contributed by atoms with van der Waals surface area (Å²) in [6, 6.07) is 23.9. The SMILES string of the molecule is COc1ccc(C(c2c(-c3ccccc3)[nH]oc2=O)c2c(-c3ccccc3)[nH]oc2=O)cc1OC. The first-order valence-corrected chi connectivity index (χ1v) is 10.9. The molecule has 0 aliphatic rings. The molecule has 0 bridgehead atoms. The van der Waals surface area contributed by atoms with E-state index in [9.17, 15) is 9.59 Å². The summed E-state index contributed by atoms with van der Waals surface area (Å²) in [5, 5.41) is 5.49. The fraction of sp³-hybridized carbons (Fsp3) is 0.111. The second-order valence-electron chi connectivity index (χ2n) is 7.84. The summed E-state index contributed by atoms with van der Waals surface area (Å²) in [5.41, 5.74) is 2.38. The molecule has 2 heterocycles. The van der Waals surface area contributed by atoms with E-state index >= 15 is 0 Å². The lowest BCUT2D eigenvalue weighted by atomic mass is 9.83. The molecule has 0 aliphatic carbocycles. The predicted molar refractivity (Wildman–Crippen MR) is 130 cm³/mol. The van der Waals surface area contributed by atoms with Crippen molar-refractivity contribution in [2.45, 2.75) is 5.92 Å². The Bertz CT molecular complexity index is 1470. The maximum absolute atomic E-state index is 13.2. The minimum Gasteiger partial charge on any atom is -0.493 e. The van der Waals surface area contributed by atoms with E-state index < -0.39 is 17.2 Å². The average Bonchev–Trinajstić information content (AvgIpc) is 3.48. The molecule has 0 saturated carbocycles. The molecule has 0 saturated heterocycles.